The van der Waals surface area contributed by atoms with Crippen LogP contribution in [-0.2, 0) is 6.54 Å². The molecule has 1 aliphatic rings. The minimum Gasteiger partial charge on any atom is -0.464 e. The molecule has 1 aromatic rings. The molecule has 21 heavy (non-hydrogen) atoms. The number of urea groups is 1. The molecule has 1 fully saturated rings. The molecule has 1 aromatic heterocycles. The van der Waals surface area contributed by atoms with Gasteiger partial charge in [0.15, 0.2) is 0 Å². The van der Waals surface area contributed by atoms with Crippen molar-refractivity contribution < 1.29 is 9.21 Å². The zero-order valence-electron chi connectivity index (χ0n) is 13.4. The number of aryl methyl sites for hydroxylation is 1. The van der Waals surface area contributed by atoms with Crippen molar-refractivity contribution in [3.8, 4) is 0 Å². The number of amides is 2. The molecule has 2 rings (SSSR count). The van der Waals surface area contributed by atoms with Crippen LogP contribution in [0, 0.1) is 6.92 Å². The molecule has 0 aromatic carbocycles. The van der Waals surface area contributed by atoms with Crippen LogP contribution >= 0.6 is 0 Å². The van der Waals surface area contributed by atoms with E-state index in [0.29, 0.717) is 13.1 Å². The van der Waals surface area contributed by atoms with Crippen LogP contribution < -0.4 is 5.32 Å². The fourth-order valence-electron chi connectivity index (χ4n) is 2.79. The molecule has 0 aliphatic carbocycles. The van der Waals surface area contributed by atoms with Gasteiger partial charge in [-0.05, 0) is 58.8 Å². The lowest BCUT2D eigenvalue weighted by Crippen LogP contribution is -2.47. The lowest BCUT2D eigenvalue weighted by Gasteiger charge is -2.25. The first-order chi connectivity index (χ1) is 10.1. The van der Waals surface area contributed by atoms with Crippen molar-refractivity contribution in [2.75, 3.05) is 26.2 Å². The Morgan fingerprint density at radius 1 is 1.43 bits per heavy atom. The average Bonchev–Trinajstić information content (AvgIpc) is 3.07. The van der Waals surface area contributed by atoms with E-state index >= 15 is 0 Å². The van der Waals surface area contributed by atoms with Crippen molar-refractivity contribution in [3.05, 3.63) is 23.7 Å². The minimum absolute atomic E-state index is 0.0155. The van der Waals surface area contributed by atoms with Crippen molar-refractivity contribution in [1.29, 1.82) is 0 Å². The predicted molar refractivity (Wildman–Crippen MR) is 83.2 cm³/mol. The summed E-state index contributed by atoms with van der Waals surface area (Å²) in [5.74, 6) is 1.71. The van der Waals surface area contributed by atoms with Gasteiger partial charge in [-0.1, -0.05) is 0 Å². The standard InChI is InChI=1S/C16H27N3O2/c1-4-19(12-15-8-7-14(3)21-15)16(20)17-13(2)11-18-9-5-6-10-18/h7-8,13H,4-6,9-12H2,1-3H3,(H,17,20)/t13-/m0/s1. The normalized spacial score (nSPS) is 16.9. The molecule has 1 N–H and O–H groups in total. The van der Waals surface area contributed by atoms with E-state index in [1.807, 2.05) is 26.0 Å². The highest BCUT2D eigenvalue weighted by Gasteiger charge is 2.19. The van der Waals surface area contributed by atoms with E-state index in [0.717, 1.165) is 31.2 Å². The lowest BCUT2D eigenvalue weighted by molar-refractivity contribution is 0.186. The summed E-state index contributed by atoms with van der Waals surface area (Å²) in [6.45, 7) is 10.4. The second-order valence-electron chi connectivity index (χ2n) is 5.88. The lowest BCUT2D eigenvalue weighted by atomic mass is 10.3. The van der Waals surface area contributed by atoms with Crippen molar-refractivity contribution in [1.82, 2.24) is 15.1 Å². The first kappa shape index (κ1) is 15.9. The highest BCUT2D eigenvalue weighted by molar-refractivity contribution is 5.74. The van der Waals surface area contributed by atoms with E-state index in [-0.39, 0.29) is 12.1 Å². The topological polar surface area (TPSA) is 48.7 Å². The molecule has 0 saturated carbocycles. The van der Waals surface area contributed by atoms with Crippen LogP contribution in [0.5, 0.6) is 0 Å². The molecule has 1 aliphatic heterocycles. The summed E-state index contributed by atoms with van der Waals surface area (Å²) < 4.78 is 5.55. The van der Waals surface area contributed by atoms with Crippen molar-refractivity contribution in [2.45, 2.75) is 46.2 Å². The Balaban J connectivity index is 1.81. The van der Waals surface area contributed by atoms with Gasteiger partial charge in [-0.15, -0.1) is 0 Å². The van der Waals surface area contributed by atoms with E-state index in [9.17, 15) is 4.79 Å². The number of nitrogens with one attached hydrogen (secondary N) is 1. The third kappa shape index (κ3) is 4.77. The first-order valence-electron chi connectivity index (χ1n) is 7.91. The minimum atomic E-state index is -0.0155. The van der Waals surface area contributed by atoms with Crippen LogP contribution in [0.1, 0.15) is 38.2 Å². The number of carbonyl (C=O) groups excluding carboxylic acids is 1. The van der Waals surface area contributed by atoms with Gasteiger partial charge in [0.05, 0.1) is 6.54 Å². The number of carbonyl (C=O) groups is 1. The van der Waals surface area contributed by atoms with Gasteiger partial charge >= 0.3 is 6.03 Å². The van der Waals surface area contributed by atoms with Crippen LogP contribution in [0.4, 0.5) is 4.79 Å². The molecule has 0 unspecified atom stereocenters. The Bertz CT molecular complexity index is 452. The Morgan fingerprint density at radius 2 is 2.14 bits per heavy atom. The Morgan fingerprint density at radius 3 is 2.71 bits per heavy atom. The molecule has 1 saturated heterocycles. The molecule has 1 atom stereocenters. The zero-order chi connectivity index (χ0) is 15.2. The summed E-state index contributed by atoms with van der Waals surface area (Å²) >= 11 is 0. The maximum absolute atomic E-state index is 12.3. The van der Waals surface area contributed by atoms with Gasteiger partial charge in [-0.3, -0.25) is 0 Å². The van der Waals surface area contributed by atoms with Gasteiger partial charge in [0, 0.05) is 19.1 Å². The van der Waals surface area contributed by atoms with Crippen LogP contribution in [-0.4, -0.2) is 48.1 Å². The van der Waals surface area contributed by atoms with Gasteiger partial charge in [-0.2, -0.15) is 0 Å². The molecule has 5 heteroatoms. The second-order valence-corrected chi connectivity index (χ2v) is 5.88. The molecular weight excluding hydrogens is 266 g/mol. The maximum atomic E-state index is 12.3. The van der Waals surface area contributed by atoms with Crippen LogP contribution in [0.15, 0.2) is 16.5 Å². The maximum Gasteiger partial charge on any atom is 0.318 e. The van der Waals surface area contributed by atoms with E-state index in [1.54, 1.807) is 4.90 Å². The number of rotatable bonds is 6. The molecular formula is C16H27N3O2. The van der Waals surface area contributed by atoms with Crippen molar-refractivity contribution >= 4 is 6.03 Å². The number of hydrogen-bond donors (Lipinski definition) is 1. The second kappa shape index (κ2) is 7.50. The van der Waals surface area contributed by atoms with Crippen molar-refractivity contribution in [2.24, 2.45) is 0 Å². The van der Waals surface area contributed by atoms with Gasteiger partial charge in [-0.25, -0.2) is 4.79 Å². The van der Waals surface area contributed by atoms with E-state index < -0.39 is 0 Å². The molecule has 118 valence electrons. The molecule has 0 spiro atoms. The molecule has 0 bridgehead atoms. The smallest absolute Gasteiger partial charge is 0.318 e. The van der Waals surface area contributed by atoms with Crippen molar-refractivity contribution in [3.63, 3.8) is 0 Å². The Kier molecular flexibility index (Phi) is 5.67. The third-order valence-electron chi connectivity index (χ3n) is 3.91. The van der Waals surface area contributed by atoms with Crippen LogP contribution in [0.2, 0.25) is 0 Å². The van der Waals surface area contributed by atoms with Gasteiger partial charge in [0.1, 0.15) is 11.5 Å². The first-order valence-corrected chi connectivity index (χ1v) is 7.91. The average molecular weight is 293 g/mol. The van der Waals surface area contributed by atoms with Gasteiger partial charge in [0.2, 0.25) is 0 Å². The van der Waals surface area contributed by atoms with Gasteiger partial charge < -0.3 is 19.5 Å². The molecule has 2 heterocycles. The van der Waals surface area contributed by atoms with Crippen LogP contribution in [0.25, 0.3) is 0 Å². The highest BCUT2D eigenvalue weighted by Crippen LogP contribution is 2.10. The van der Waals surface area contributed by atoms with Crippen LogP contribution in [0.3, 0.4) is 0 Å². The number of furan rings is 1. The quantitative estimate of drug-likeness (QED) is 0.877. The van der Waals surface area contributed by atoms with E-state index in [4.69, 9.17) is 4.42 Å². The monoisotopic (exact) mass is 293 g/mol. The summed E-state index contributed by atoms with van der Waals surface area (Å²) in [5.41, 5.74) is 0. The summed E-state index contributed by atoms with van der Waals surface area (Å²) in [5, 5.41) is 3.09. The zero-order valence-corrected chi connectivity index (χ0v) is 13.4. The SMILES string of the molecule is CCN(Cc1ccc(C)o1)C(=O)N[C@@H](C)CN1CCCC1. The fraction of sp³-hybridized carbons (Fsp3) is 0.688. The molecule has 0 radical (unpaired) electrons. The Labute approximate surface area is 127 Å². The van der Waals surface area contributed by atoms with Gasteiger partial charge in [0.25, 0.3) is 0 Å². The highest BCUT2D eigenvalue weighted by atomic mass is 16.3. The number of nitrogens with zero attached hydrogens (tertiary/aromatic N) is 2. The Hall–Kier alpha value is -1.49. The van der Waals surface area contributed by atoms with E-state index in [2.05, 4.69) is 17.1 Å². The summed E-state index contributed by atoms with van der Waals surface area (Å²) in [6.07, 6.45) is 2.55. The third-order valence-corrected chi connectivity index (χ3v) is 3.91. The predicted octanol–water partition coefficient (Wildman–Crippen LogP) is 2.60. The summed E-state index contributed by atoms with van der Waals surface area (Å²) in [7, 11) is 0. The number of hydrogen-bond acceptors (Lipinski definition) is 3. The molecule has 5 nitrogen and oxygen atoms in total. The summed E-state index contributed by atoms with van der Waals surface area (Å²) in [6, 6.07) is 4.01. The number of likely N-dealkylation sites (tertiary alicyclic amines) is 1. The largest absolute Gasteiger partial charge is 0.464 e. The fourth-order valence-corrected chi connectivity index (χ4v) is 2.79. The molecule has 2 amide bonds. The van der Waals surface area contributed by atoms with E-state index in [1.165, 1.54) is 12.8 Å². The summed E-state index contributed by atoms with van der Waals surface area (Å²) in [4.78, 5) is 16.5.